The zero-order valence-corrected chi connectivity index (χ0v) is 11.4. The highest BCUT2D eigenvalue weighted by Crippen LogP contribution is 2.41. The molecule has 4 rings (SSSR count). The van der Waals surface area contributed by atoms with E-state index in [1.165, 1.54) is 21.9 Å². The third-order valence-corrected chi connectivity index (χ3v) is 4.84. The summed E-state index contributed by atoms with van der Waals surface area (Å²) in [6, 6.07) is 13.5. The van der Waals surface area contributed by atoms with Gasteiger partial charge in [0.2, 0.25) is 0 Å². The standard InChI is InChI=1S/C17H19NO2/c19-17(20)7-9-18(10-8-17)15-11-13-5-1-3-12-4-2-6-14(15)16(12)13/h1-6,15,19-20H,7-11H2/t15-/m1/s1. The quantitative estimate of drug-likeness (QED) is 0.780. The molecule has 1 aliphatic heterocycles. The summed E-state index contributed by atoms with van der Waals surface area (Å²) in [4.78, 5) is 2.40. The van der Waals surface area contributed by atoms with Gasteiger partial charge in [-0.25, -0.2) is 0 Å². The fraction of sp³-hybridized carbons (Fsp3) is 0.412. The molecule has 0 aromatic heterocycles. The van der Waals surface area contributed by atoms with Gasteiger partial charge in [0.25, 0.3) is 0 Å². The highest BCUT2D eigenvalue weighted by atomic mass is 16.5. The molecular weight excluding hydrogens is 250 g/mol. The maximum Gasteiger partial charge on any atom is 0.164 e. The van der Waals surface area contributed by atoms with Crippen LogP contribution < -0.4 is 0 Å². The molecule has 1 saturated heterocycles. The average molecular weight is 269 g/mol. The van der Waals surface area contributed by atoms with E-state index in [1.807, 2.05) is 0 Å². The maximum absolute atomic E-state index is 9.69. The zero-order valence-electron chi connectivity index (χ0n) is 11.4. The first-order valence-corrected chi connectivity index (χ1v) is 7.33. The molecule has 3 heteroatoms. The first kappa shape index (κ1) is 12.3. The van der Waals surface area contributed by atoms with Gasteiger partial charge in [-0.3, -0.25) is 4.90 Å². The number of likely N-dealkylation sites (tertiary alicyclic amines) is 1. The van der Waals surface area contributed by atoms with Gasteiger partial charge in [0, 0.05) is 32.0 Å². The van der Waals surface area contributed by atoms with Gasteiger partial charge >= 0.3 is 0 Å². The monoisotopic (exact) mass is 269 g/mol. The van der Waals surface area contributed by atoms with Crippen molar-refractivity contribution in [2.75, 3.05) is 13.1 Å². The lowest BCUT2D eigenvalue weighted by molar-refractivity contribution is -0.191. The van der Waals surface area contributed by atoms with Gasteiger partial charge in [-0.1, -0.05) is 36.4 Å². The van der Waals surface area contributed by atoms with Gasteiger partial charge in [0.15, 0.2) is 5.79 Å². The lowest BCUT2D eigenvalue weighted by atomic mass is 9.99. The SMILES string of the molecule is OC1(O)CCN([C@@H]2Cc3cccc4cccc2c34)CC1. The molecule has 2 aromatic carbocycles. The number of rotatable bonds is 1. The summed E-state index contributed by atoms with van der Waals surface area (Å²) in [5.41, 5.74) is 2.83. The average Bonchev–Trinajstić information content (AvgIpc) is 2.81. The molecule has 20 heavy (non-hydrogen) atoms. The van der Waals surface area contributed by atoms with E-state index in [0.29, 0.717) is 18.9 Å². The molecule has 2 N–H and O–H groups in total. The summed E-state index contributed by atoms with van der Waals surface area (Å²) < 4.78 is 0. The second kappa shape index (κ2) is 4.29. The summed E-state index contributed by atoms with van der Waals surface area (Å²) in [6.45, 7) is 1.50. The third kappa shape index (κ3) is 1.85. The highest BCUT2D eigenvalue weighted by Gasteiger charge is 2.35. The first-order valence-electron chi connectivity index (χ1n) is 7.33. The van der Waals surface area contributed by atoms with Crippen molar-refractivity contribution in [1.29, 1.82) is 0 Å². The molecule has 1 heterocycles. The number of piperidine rings is 1. The van der Waals surface area contributed by atoms with E-state index in [-0.39, 0.29) is 0 Å². The van der Waals surface area contributed by atoms with E-state index in [4.69, 9.17) is 0 Å². The Bertz CT molecular complexity index is 650. The molecule has 0 amide bonds. The molecule has 0 bridgehead atoms. The van der Waals surface area contributed by atoms with Crippen LogP contribution in [0.25, 0.3) is 10.8 Å². The first-order chi connectivity index (χ1) is 9.64. The normalized spacial score (nSPS) is 25.2. The Balaban J connectivity index is 1.69. The third-order valence-electron chi connectivity index (χ3n) is 4.84. The van der Waals surface area contributed by atoms with Crippen LogP contribution >= 0.6 is 0 Å². The van der Waals surface area contributed by atoms with Crippen molar-refractivity contribution in [3.63, 3.8) is 0 Å². The van der Waals surface area contributed by atoms with Crippen molar-refractivity contribution in [2.45, 2.75) is 31.1 Å². The van der Waals surface area contributed by atoms with Crippen LogP contribution in [-0.4, -0.2) is 34.0 Å². The van der Waals surface area contributed by atoms with E-state index in [0.717, 1.165) is 19.5 Å². The van der Waals surface area contributed by atoms with Crippen molar-refractivity contribution >= 4 is 10.8 Å². The number of aliphatic hydroxyl groups is 2. The van der Waals surface area contributed by atoms with Crippen molar-refractivity contribution < 1.29 is 10.2 Å². The van der Waals surface area contributed by atoms with Gasteiger partial charge in [-0.05, 0) is 28.3 Å². The van der Waals surface area contributed by atoms with E-state index < -0.39 is 5.79 Å². The molecule has 0 saturated carbocycles. The molecule has 0 radical (unpaired) electrons. The molecule has 0 spiro atoms. The summed E-state index contributed by atoms with van der Waals surface area (Å²) in [5.74, 6) is -1.46. The number of hydrogen-bond acceptors (Lipinski definition) is 3. The molecular formula is C17H19NO2. The minimum Gasteiger partial charge on any atom is -0.366 e. The van der Waals surface area contributed by atoms with Crippen molar-refractivity contribution in [3.05, 3.63) is 47.5 Å². The summed E-state index contributed by atoms with van der Waals surface area (Å²) in [7, 11) is 0. The van der Waals surface area contributed by atoms with Crippen LogP contribution in [0.3, 0.4) is 0 Å². The van der Waals surface area contributed by atoms with Crippen LogP contribution in [0.5, 0.6) is 0 Å². The fourth-order valence-corrected chi connectivity index (χ4v) is 3.74. The molecule has 2 aromatic rings. The van der Waals surface area contributed by atoms with Crippen LogP contribution in [0.4, 0.5) is 0 Å². The van der Waals surface area contributed by atoms with Crippen LogP contribution in [0, 0.1) is 0 Å². The second-order valence-electron chi connectivity index (χ2n) is 6.10. The van der Waals surface area contributed by atoms with Crippen LogP contribution in [0.2, 0.25) is 0 Å². The van der Waals surface area contributed by atoms with E-state index in [2.05, 4.69) is 41.3 Å². The van der Waals surface area contributed by atoms with Crippen LogP contribution in [0.15, 0.2) is 36.4 Å². The van der Waals surface area contributed by atoms with E-state index in [9.17, 15) is 10.2 Å². The minimum absolute atomic E-state index is 0.396. The number of hydrogen-bond donors (Lipinski definition) is 2. The second-order valence-corrected chi connectivity index (χ2v) is 6.10. The van der Waals surface area contributed by atoms with Gasteiger partial charge in [-0.2, -0.15) is 0 Å². The Labute approximate surface area is 118 Å². The molecule has 2 aliphatic rings. The van der Waals surface area contributed by atoms with Gasteiger partial charge in [-0.15, -0.1) is 0 Å². The Morgan fingerprint density at radius 3 is 2.45 bits per heavy atom. The minimum atomic E-state index is -1.46. The predicted molar refractivity (Wildman–Crippen MR) is 78.4 cm³/mol. The van der Waals surface area contributed by atoms with Gasteiger partial charge < -0.3 is 10.2 Å². The maximum atomic E-state index is 9.69. The van der Waals surface area contributed by atoms with Crippen LogP contribution in [0.1, 0.15) is 30.0 Å². The van der Waals surface area contributed by atoms with Crippen molar-refractivity contribution in [1.82, 2.24) is 4.90 Å². The summed E-state index contributed by atoms with van der Waals surface area (Å²) in [6.07, 6.45) is 1.92. The molecule has 0 unspecified atom stereocenters. The predicted octanol–water partition coefficient (Wildman–Crippen LogP) is 2.21. The lowest BCUT2D eigenvalue weighted by Crippen LogP contribution is -2.45. The molecule has 1 aliphatic carbocycles. The fourth-order valence-electron chi connectivity index (χ4n) is 3.74. The van der Waals surface area contributed by atoms with Gasteiger partial charge in [0.1, 0.15) is 0 Å². The highest BCUT2D eigenvalue weighted by molar-refractivity contribution is 5.91. The zero-order chi connectivity index (χ0) is 13.7. The van der Waals surface area contributed by atoms with Crippen molar-refractivity contribution in [2.24, 2.45) is 0 Å². The Morgan fingerprint density at radius 1 is 1.00 bits per heavy atom. The lowest BCUT2D eigenvalue weighted by Gasteiger charge is -2.38. The Hall–Kier alpha value is -1.42. The topological polar surface area (TPSA) is 43.7 Å². The molecule has 3 nitrogen and oxygen atoms in total. The van der Waals surface area contributed by atoms with Crippen LogP contribution in [-0.2, 0) is 6.42 Å². The molecule has 104 valence electrons. The number of benzene rings is 2. The molecule has 1 fully saturated rings. The van der Waals surface area contributed by atoms with E-state index in [1.54, 1.807) is 0 Å². The summed E-state index contributed by atoms with van der Waals surface area (Å²) >= 11 is 0. The largest absolute Gasteiger partial charge is 0.366 e. The number of nitrogens with zero attached hydrogens (tertiary/aromatic N) is 1. The Morgan fingerprint density at radius 2 is 1.70 bits per heavy atom. The van der Waals surface area contributed by atoms with Gasteiger partial charge in [0.05, 0.1) is 0 Å². The molecule has 1 atom stereocenters. The smallest absolute Gasteiger partial charge is 0.164 e. The Kier molecular flexibility index (Phi) is 2.64. The van der Waals surface area contributed by atoms with Crippen molar-refractivity contribution in [3.8, 4) is 0 Å². The summed E-state index contributed by atoms with van der Waals surface area (Å²) in [5, 5.41) is 22.1. The van der Waals surface area contributed by atoms with E-state index >= 15 is 0 Å².